The number of alkyl halides is 1. The molecule has 1 aliphatic carbocycles. The second kappa shape index (κ2) is 13.3. The number of hydrogen-bond acceptors (Lipinski definition) is 11. The first kappa shape index (κ1) is 32.5. The Hall–Kier alpha value is -4.46. The maximum absolute atomic E-state index is 12.6. The molecule has 4 aromatic heterocycles. The molecule has 47 heavy (non-hydrogen) atoms. The lowest BCUT2D eigenvalue weighted by molar-refractivity contribution is 0.292. The van der Waals surface area contributed by atoms with E-state index in [1.54, 1.807) is 23.7 Å². The van der Waals surface area contributed by atoms with Crippen LogP contribution in [0.4, 0.5) is 21.0 Å². The van der Waals surface area contributed by atoms with E-state index in [2.05, 4.69) is 42.2 Å². The molecule has 1 spiro atoms. The molecule has 3 fully saturated rings. The van der Waals surface area contributed by atoms with Crippen LogP contribution in [0.2, 0.25) is 0 Å². The maximum Gasteiger partial charge on any atom is 0.320 e. The third kappa shape index (κ3) is 5.72. The van der Waals surface area contributed by atoms with Crippen molar-refractivity contribution in [3.63, 3.8) is 0 Å². The van der Waals surface area contributed by atoms with Gasteiger partial charge in [0.15, 0.2) is 5.65 Å². The predicted molar refractivity (Wildman–Crippen MR) is 183 cm³/mol. The first-order valence-corrected chi connectivity index (χ1v) is 17.1. The van der Waals surface area contributed by atoms with Gasteiger partial charge in [-0.25, -0.2) is 9.37 Å². The molecule has 3 aliphatic heterocycles. The number of nitrogen functional groups attached to an aromatic ring is 1. The van der Waals surface area contributed by atoms with Gasteiger partial charge in [0.05, 0.1) is 30.2 Å². The van der Waals surface area contributed by atoms with E-state index >= 15 is 0 Å². The van der Waals surface area contributed by atoms with Crippen molar-refractivity contribution in [3.8, 4) is 18.1 Å². The Morgan fingerprint density at radius 3 is 2.72 bits per heavy atom. The molecule has 0 bridgehead atoms. The maximum atomic E-state index is 12.6. The standard InChI is InChI=1S/C25H23N9OS.C7H12FN.C2H6/c1-29-23-16(9-27)19-17(36-23)5-6-25(19)12-34(13-25)22-18-15(8-26)11-33(21(18)31-24(32-22)35-2)10-14-4-3-7-30-20(14)28;8-6-4-7-2-1-3-9(7)5-6;1-2/h3-4,7,11,29H,5-6,10,12-13H2,1-2H3,(H2,28,30);6-7H,1-5H2;1-2H3. The molecule has 0 radical (unpaired) electrons. The molecule has 13 heteroatoms. The molecule has 2 unspecified atom stereocenters. The SMILES string of the molecule is CC.CNc1sc2c(c1C#N)C1(CC2)CN(c2nc(OC)nc3c2c(C#N)cn3Cc2cccnc2N)C1.FC1CC2CCCN2C1. The number of nitrogens with two attached hydrogens (primary N) is 1. The molecule has 0 aromatic carbocycles. The van der Waals surface area contributed by atoms with Crippen LogP contribution in [-0.2, 0) is 18.4 Å². The number of halogens is 1. The molecule has 11 nitrogen and oxygen atoms in total. The van der Waals surface area contributed by atoms with Gasteiger partial charge in [-0.15, -0.1) is 11.3 Å². The van der Waals surface area contributed by atoms with Crippen LogP contribution in [0.15, 0.2) is 24.5 Å². The van der Waals surface area contributed by atoms with E-state index in [4.69, 9.17) is 10.5 Å². The lowest BCUT2D eigenvalue weighted by Gasteiger charge is -2.49. The summed E-state index contributed by atoms with van der Waals surface area (Å²) in [6, 6.07) is 9.32. The normalized spacial score (nSPS) is 20.3. The van der Waals surface area contributed by atoms with E-state index < -0.39 is 6.17 Å². The number of fused-ring (bicyclic) bond motifs is 4. The Labute approximate surface area is 278 Å². The van der Waals surface area contributed by atoms with Crippen LogP contribution in [0, 0.1) is 22.7 Å². The van der Waals surface area contributed by atoms with Crippen LogP contribution in [0.3, 0.4) is 0 Å². The lowest BCUT2D eigenvalue weighted by Crippen LogP contribution is -2.59. The Morgan fingerprint density at radius 2 is 2.04 bits per heavy atom. The molecule has 246 valence electrons. The van der Waals surface area contributed by atoms with Crippen molar-refractivity contribution in [2.45, 2.75) is 70.1 Å². The molecule has 3 N–H and O–H groups in total. The highest BCUT2D eigenvalue weighted by Gasteiger charge is 2.52. The number of nitrogens with one attached hydrogen (secondary N) is 1. The number of nitriles is 2. The fraction of sp³-hybridized carbons (Fsp3) is 0.500. The lowest BCUT2D eigenvalue weighted by atomic mass is 9.74. The zero-order chi connectivity index (χ0) is 33.3. The van der Waals surface area contributed by atoms with Crippen molar-refractivity contribution in [3.05, 3.63) is 51.7 Å². The smallest absolute Gasteiger partial charge is 0.320 e. The van der Waals surface area contributed by atoms with Gasteiger partial charge in [0.25, 0.3) is 0 Å². The first-order chi connectivity index (χ1) is 22.9. The summed E-state index contributed by atoms with van der Waals surface area (Å²) in [4.78, 5) is 19.2. The molecule has 0 saturated carbocycles. The number of rotatable bonds is 5. The number of pyridine rings is 1. The number of hydrogen-bond donors (Lipinski definition) is 2. The number of anilines is 3. The predicted octanol–water partition coefficient (Wildman–Crippen LogP) is 5.23. The number of nitrogens with zero attached hydrogens (tertiary/aromatic N) is 8. The summed E-state index contributed by atoms with van der Waals surface area (Å²) in [5.41, 5.74) is 9.86. The summed E-state index contributed by atoms with van der Waals surface area (Å²) in [5.74, 6) is 1.11. The molecular formula is C34H41FN10OS. The highest BCUT2D eigenvalue weighted by atomic mass is 32.1. The van der Waals surface area contributed by atoms with Crippen LogP contribution >= 0.6 is 11.3 Å². The van der Waals surface area contributed by atoms with Gasteiger partial charge in [0.1, 0.15) is 34.9 Å². The number of ether oxygens (including phenoxy) is 1. The van der Waals surface area contributed by atoms with Crippen molar-refractivity contribution in [2.24, 2.45) is 0 Å². The fourth-order valence-corrected chi connectivity index (χ4v) is 8.82. The monoisotopic (exact) mass is 656 g/mol. The minimum absolute atomic E-state index is 0.0873. The Kier molecular flexibility index (Phi) is 9.22. The zero-order valence-electron chi connectivity index (χ0n) is 27.4. The van der Waals surface area contributed by atoms with E-state index in [9.17, 15) is 14.9 Å². The van der Waals surface area contributed by atoms with Crippen molar-refractivity contribution < 1.29 is 9.13 Å². The Balaban J connectivity index is 0.000000298. The van der Waals surface area contributed by atoms with Gasteiger partial charge >= 0.3 is 6.01 Å². The second-order valence-electron chi connectivity index (χ2n) is 12.3. The molecular weight excluding hydrogens is 616 g/mol. The van der Waals surface area contributed by atoms with Gasteiger partial charge < -0.3 is 25.3 Å². The Bertz CT molecular complexity index is 1840. The Morgan fingerprint density at radius 1 is 1.23 bits per heavy atom. The van der Waals surface area contributed by atoms with Crippen molar-refractivity contribution in [1.82, 2.24) is 24.4 Å². The van der Waals surface area contributed by atoms with Crippen molar-refractivity contribution in [2.75, 3.05) is 56.3 Å². The number of aryl methyl sites for hydroxylation is 1. The summed E-state index contributed by atoms with van der Waals surface area (Å²) in [6.45, 7) is 7.71. The topological polar surface area (TPSA) is 145 Å². The fourth-order valence-electron chi connectivity index (χ4n) is 7.59. The highest BCUT2D eigenvalue weighted by molar-refractivity contribution is 7.16. The molecule has 4 aromatic rings. The summed E-state index contributed by atoms with van der Waals surface area (Å²) in [5, 5.41) is 24.7. The van der Waals surface area contributed by atoms with Gasteiger partial charge in [0, 0.05) is 61.0 Å². The second-order valence-corrected chi connectivity index (χ2v) is 13.4. The molecule has 8 rings (SSSR count). The quantitative estimate of drug-likeness (QED) is 0.293. The minimum atomic E-state index is -0.518. The molecule has 3 saturated heterocycles. The molecule has 7 heterocycles. The van der Waals surface area contributed by atoms with Gasteiger partial charge in [0.2, 0.25) is 0 Å². The number of thiophene rings is 1. The van der Waals surface area contributed by atoms with Crippen LogP contribution in [0.25, 0.3) is 11.0 Å². The van der Waals surface area contributed by atoms with Gasteiger partial charge in [-0.3, -0.25) is 4.90 Å². The molecule has 0 amide bonds. The van der Waals surface area contributed by atoms with Crippen LogP contribution in [-0.4, -0.2) is 77.0 Å². The zero-order valence-corrected chi connectivity index (χ0v) is 28.2. The first-order valence-electron chi connectivity index (χ1n) is 16.3. The summed E-state index contributed by atoms with van der Waals surface area (Å²) >= 11 is 1.68. The van der Waals surface area contributed by atoms with E-state index in [0.717, 1.165) is 55.0 Å². The van der Waals surface area contributed by atoms with Gasteiger partial charge in [-0.2, -0.15) is 20.5 Å². The number of aromatic nitrogens is 4. The molecule has 2 atom stereocenters. The van der Waals surface area contributed by atoms with Gasteiger partial charge in [-0.1, -0.05) is 19.9 Å². The largest absolute Gasteiger partial charge is 0.467 e. The number of methoxy groups -OCH3 is 1. The van der Waals surface area contributed by atoms with Gasteiger partial charge in [-0.05, 0) is 50.3 Å². The summed E-state index contributed by atoms with van der Waals surface area (Å²) in [6.07, 6.45) is 8.22. The van der Waals surface area contributed by atoms with E-state index in [1.807, 2.05) is 37.6 Å². The summed E-state index contributed by atoms with van der Waals surface area (Å²) in [7, 11) is 3.39. The third-order valence-corrected chi connectivity index (χ3v) is 10.9. The van der Waals surface area contributed by atoms with Crippen LogP contribution in [0.1, 0.15) is 66.7 Å². The average Bonchev–Trinajstić information content (AvgIpc) is 3.88. The summed E-state index contributed by atoms with van der Waals surface area (Å²) < 4.78 is 19.9. The minimum Gasteiger partial charge on any atom is -0.467 e. The average molecular weight is 657 g/mol. The van der Waals surface area contributed by atoms with E-state index in [0.29, 0.717) is 47.4 Å². The van der Waals surface area contributed by atoms with Crippen molar-refractivity contribution in [1.29, 1.82) is 10.5 Å². The molecule has 4 aliphatic rings. The van der Waals surface area contributed by atoms with Crippen LogP contribution in [0.5, 0.6) is 6.01 Å². The van der Waals surface area contributed by atoms with Crippen molar-refractivity contribution >= 4 is 39.0 Å². The highest BCUT2D eigenvalue weighted by Crippen LogP contribution is 2.53. The van der Waals surface area contributed by atoms with E-state index in [-0.39, 0.29) is 11.4 Å². The third-order valence-electron chi connectivity index (χ3n) is 9.67. The van der Waals surface area contributed by atoms with E-state index in [1.165, 1.54) is 30.4 Å². The van der Waals surface area contributed by atoms with Crippen LogP contribution < -0.4 is 20.7 Å².